The van der Waals surface area contributed by atoms with Crippen molar-refractivity contribution in [3.05, 3.63) is 42.7 Å². The molecule has 2 N–H and O–H groups in total. The van der Waals surface area contributed by atoms with Gasteiger partial charge in [0.05, 0.1) is 5.39 Å². The average molecular weight is 263 g/mol. The van der Waals surface area contributed by atoms with Crippen LogP contribution in [-0.2, 0) is 0 Å². The minimum atomic E-state index is 0.543. The van der Waals surface area contributed by atoms with Gasteiger partial charge in [-0.2, -0.15) is 10.3 Å². The third-order valence-corrected chi connectivity index (χ3v) is 2.95. The zero-order valence-corrected chi connectivity index (χ0v) is 10.3. The summed E-state index contributed by atoms with van der Waals surface area (Å²) in [5, 5.41) is 14.6. The molecule has 0 unspecified atom stereocenters. The van der Waals surface area contributed by atoms with Gasteiger partial charge < -0.3 is 5.32 Å². The standard InChI is InChI=1S/C13H9N7/c1-2-4-8(5-3-1)16-11-9-6-10-13(19-20-18-10)17-12(9)15-7-14-11/h1-7H,(H2,14,15,16,17,18,19,20). The van der Waals surface area contributed by atoms with Gasteiger partial charge in [-0.25, -0.2) is 15.0 Å². The van der Waals surface area contributed by atoms with Crippen molar-refractivity contribution >= 4 is 33.7 Å². The van der Waals surface area contributed by atoms with Crippen molar-refractivity contribution in [1.82, 2.24) is 30.4 Å². The van der Waals surface area contributed by atoms with E-state index >= 15 is 0 Å². The summed E-state index contributed by atoms with van der Waals surface area (Å²) < 4.78 is 0. The van der Waals surface area contributed by atoms with Crippen molar-refractivity contribution in [3.63, 3.8) is 0 Å². The molecule has 0 amide bonds. The summed E-state index contributed by atoms with van der Waals surface area (Å²) in [4.78, 5) is 12.8. The molecule has 20 heavy (non-hydrogen) atoms. The lowest BCUT2D eigenvalue weighted by molar-refractivity contribution is 0.955. The quantitative estimate of drug-likeness (QED) is 0.575. The molecule has 0 saturated heterocycles. The van der Waals surface area contributed by atoms with Crippen molar-refractivity contribution in [2.45, 2.75) is 0 Å². The number of pyridine rings is 1. The Balaban J connectivity index is 1.90. The number of H-pyrrole nitrogens is 1. The Morgan fingerprint density at radius 1 is 0.950 bits per heavy atom. The van der Waals surface area contributed by atoms with Crippen molar-refractivity contribution in [1.29, 1.82) is 0 Å². The summed E-state index contributed by atoms with van der Waals surface area (Å²) in [6, 6.07) is 11.7. The van der Waals surface area contributed by atoms with E-state index in [1.807, 2.05) is 36.4 Å². The molecule has 4 rings (SSSR count). The third-order valence-electron chi connectivity index (χ3n) is 2.95. The molecule has 0 aliphatic carbocycles. The summed E-state index contributed by atoms with van der Waals surface area (Å²) in [6.07, 6.45) is 1.48. The maximum absolute atomic E-state index is 4.34. The minimum absolute atomic E-state index is 0.543. The van der Waals surface area contributed by atoms with Gasteiger partial charge in [0.25, 0.3) is 0 Å². The minimum Gasteiger partial charge on any atom is -0.340 e. The lowest BCUT2D eigenvalue weighted by atomic mass is 10.2. The van der Waals surface area contributed by atoms with Crippen LogP contribution < -0.4 is 5.32 Å². The van der Waals surface area contributed by atoms with Crippen molar-refractivity contribution in [2.75, 3.05) is 5.32 Å². The molecule has 7 heteroatoms. The van der Waals surface area contributed by atoms with E-state index in [1.165, 1.54) is 6.33 Å². The number of fused-ring (bicyclic) bond motifs is 2. The molecular weight excluding hydrogens is 254 g/mol. The number of anilines is 2. The van der Waals surface area contributed by atoms with Crippen LogP contribution in [0.2, 0.25) is 0 Å². The molecule has 1 aromatic carbocycles. The van der Waals surface area contributed by atoms with E-state index in [9.17, 15) is 0 Å². The van der Waals surface area contributed by atoms with E-state index in [0.717, 1.165) is 11.1 Å². The number of hydrogen-bond donors (Lipinski definition) is 2. The first-order chi connectivity index (χ1) is 9.90. The van der Waals surface area contributed by atoms with Gasteiger partial charge in [-0.05, 0) is 18.2 Å². The van der Waals surface area contributed by atoms with Crippen LogP contribution >= 0.6 is 0 Å². The zero-order chi connectivity index (χ0) is 13.4. The lowest BCUT2D eigenvalue weighted by Crippen LogP contribution is -1.97. The van der Waals surface area contributed by atoms with E-state index < -0.39 is 0 Å². The van der Waals surface area contributed by atoms with Gasteiger partial charge in [0.2, 0.25) is 5.65 Å². The molecule has 3 heterocycles. The Morgan fingerprint density at radius 3 is 2.75 bits per heavy atom. The van der Waals surface area contributed by atoms with Gasteiger partial charge in [0.15, 0.2) is 5.65 Å². The van der Waals surface area contributed by atoms with Crippen LogP contribution in [0.1, 0.15) is 0 Å². The van der Waals surface area contributed by atoms with Crippen molar-refractivity contribution in [3.8, 4) is 0 Å². The van der Waals surface area contributed by atoms with Crippen LogP contribution in [0.15, 0.2) is 42.7 Å². The van der Waals surface area contributed by atoms with Gasteiger partial charge in [0.1, 0.15) is 17.7 Å². The molecule has 7 nitrogen and oxygen atoms in total. The number of hydrogen-bond acceptors (Lipinski definition) is 6. The molecular formula is C13H9N7. The van der Waals surface area contributed by atoms with E-state index in [2.05, 4.69) is 35.7 Å². The van der Waals surface area contributed by atoms with Gasteiger partial charge in [-0.3, -0.25) is 0 Å². The average Bonchev–Trinajstić information content (AvgIpc) is 2.94. The monoisotopic (exact) mass is 263 g/mol. The fourth-order valence-electron chi connectivity index (χ4n) is 2.02. The molecule has 0 saturated carbocycles. The van der Waals surface area contributed by atoms with Crippen LogP contribution in [0, 0.1) is 0 Å². The predicted molar refractivity (Wildman–Crippen MR) is 74.5 cm³/mol. The second kappa shape index (κ2) is 4.23. The highest BCUT2D eigenvalue weighted by molar-refractivity contribution is 5.94. The summed E-state index contributed by atoms with van der Waals surface area (Å²) in [5.74, 6) is 0.693. The lowest BCUT2D eigenvalue weighted by Gasteiger charge is -2.07. The first-order valence-corrected chi connectivity index (χ1v) is 6.04. The third kappa shape index (κ3) is 1.72. The number of nitrogens with one attached hydrogen (secondary N) is 2. The SMILES string of the molecule is c1ccc(Nc2ncnc3nc4n[nH]nc4cc23)cc1. The normalized spacial score (nSPS) is 11.0. The first-order valence-electron chi connectivity index (χ1n) is 6.04. The highest BCUT2D eigenvalue weighted by Gasteiger charge is 2.09. The summed E-state index contributed by atoms with van der Waals surface area (Å²) in [6.45, 7) is 0. The highest BCUT2D eigenvalue weighted by Crippen LogP contribution is 2.23. The van der Waals surface area contributed by atoms with Gasteiger partial charge in [-0.15, -0.1) is 5.10 Å². The summed E-state index contributed by atoms with van der Waals surface area (Å²) in [5.41, 5.74) is 2.76. The molecule has 96 valence electrons. The van der Waals surface area contributed by atoms with Gasteiger partial charge in [0, 0.05) is 5.69 Å². The number of para-hydroxylation sites is 1. The molecule has 0 aliphatic heterocycles. The summed E-state index contributed by atoms with van der Waals surface area (Å²) in [7, 11) is 0. The topological polar surface area (TPSA) is 92.3 Å². The molecule has 0 aliphatic rings. The van der Waals surface area contributed by atoms with Gasteiger partial charge in [-0.1, -0.05) is 18.2 Å². The van der Waals surface area contributed by atoms with Crippen LogP contribution in [0.5, 0.6) is 0 Å². The Labute approximate surface area is 113 Å². The maximum Gasteiger partial charge on any atom is 0.203 e. The predicted octanol–water partition coefficient (Wildman–Crippen LogP) is 2.04. The molecule has 0 fully saturated rings. The second-order valence-electron chi connectivity index (χ2n) is 4.24. The van der Waals surface area contributed by atoms with E-state index in [1.54, 1.807) is 0 Å². The molecule has 0 spiro atoms. The maximum atomic E-state index is 4.34. The number of nitrogens with zero attached hydrogens (tertiary/aromatic N) is 5. The van der Waals surface area contributed by atoms with Crippen LogP contribution in [0.25, 0.3) is 22.2 Å². The largest absolute Gasteiger partial charge is 0.340 e. The summed E-state index contributed by atoms with van der Waals surface area (Å²) >= 11 is 0. The van der Waals surface area contributed by atoms with E-state index in [4.69, 9.17) is 0 Å². The van der Waals surface area contributed by atoms with Crippen molar-refractivity contribution in [2.24, 2.45) is 0 Å². The van der Waals surface area contributed by atoms with E-state index in [-0.39, 0.29) is 0 Å². The van der Waals surface area contributed by atoms with Crippen LogP contribution in [0.3, 0.4) is 0 Å². The molecule has 0 bridgehead atoms. The number of aromatic nitrogens is 6. The molecule has 3 aromatic heterocycles. The Bertz CT molecular complexity index is 885. The Kier molecular flexibility index (Phi) is 2.28. The smallest absolute Gasteiger partial charge is 0.203 e. The molecule has 4 aromatic rings. The highest BCUT2D eigenvalue weighted by atomic mass is 15.3. The number of rotatable bonds is 2. The molecule has 0 atom stereocenters. The van der Waals surface area contributed by atoms with E-state index in [0.29, 0.717) is 22.6 Å². The first kappa shape index (κ1) is 10.8. The van der Waals surface area contributed by atoms with Crippen LogP contribution in [0.4, 0.5) is 11.5 Å². The number of benzene rings is 1. The van der Waals surface area contributed by atoms with Gasteiger partial charge >= 0.3 is 0 Å². The Morgan fingerprint density at radius 2 is 1.85 bits per heavy atom. The second-order valence-corrected chi connectivity index (χ2v) is 4.24. The fourth-order valence-corrected chi connectivity index (χ4v) is 2.02. The van der Waals surface area contributed by atoms with Crippen LogP contribution in [-0.4, -0.2) is 30.4 Å². The zero-order valence-electron chi connectivity index (χ0n) is 10.3. The van der Waals surface area contributed by atoms with Crippen molar-refractivity contribution < 1.29 is 0 Å². The Hall–Kier alpha value is -3.09. The number of aromatic amines is 1. The fraction of sp³-hybridized carbons (Fsp3) is 0. The molecule has 0 radical (unpaired) electrons.